The summed E-state index contributed by atoms with van der Waals surface area (Å²) in [5.74, 6) is 0.396. The van der Waals surface area contributed by atoms with Gasteiger partial charge < -0.3 is 10.1 Å². The fourth-order valence-corrected chi connectivity index (χ4v) is 3.93. The Hall–Kier alpha value is -2.64. The highest BCUT2D eigenvalue weighted by Gasteiger charge is 2.16. The van der Waals surface area contributed by atoms with E-state index in [9.17, 15) is 13.2 Å². The lowest BCUT2D eigenvalue weighted by molar-refractivity contribution is -0.116. The van der Waals surface area contributed by atoms with Crippen molar-refractivity contribution in [2.75, 3.05) is 19.7 Å². The highest BCUT2D eigenvalue weighted by Crippen LogP contribution is 2.19. The van der Waals surface area contributed by atoms with Crippen LogP contribution in [0.4, 0.5) is 0 Å². The molecule has 150 valence electrons. The number of benzene rings is 2. The van der Waals surface area contributed by atoms with E-state index in [1.54, 1.807) is 25.1 Å². The molecule has 0 aromatic heterocycles. The number of rotatable bonds is 9. The average Bonchev–Trinajstić information content (AvgIpc) is 2.66. The number of carbonyl (C=O) groups excluding carboxylic acids is 1. The van der Waals surface area contributed by atoms with Crippen LogP contribution in [0.3, 0.4) is 0 Å². The van der Waals surface area contributed by atoms with Gasteiger partial charge in [0.2, 0.25) is 15.9 Å². The molecule has 2 aromatic rings. The van der Waals surface area contributed by atoms with Gasteiger partial charge in [-0.25, -0.2) is 13.1 Å². The maximum Gasteiger partial charge on any atom is 0.244 e. The van der Waals surface area contributed by atoms with Crippen LogP contribution in [0.5, 0.6) is 5.75 Å². The molecular formula is C21H26N2O4S. The van der Waals surface area contributed by atoms with E-state index in [4.69, 9.17) is 4.74 Å². The van der Waals surface area contributed by atoms with Crippen molar-refractivity contribution in [2.45, 2.75) is 25.7 Å². The van der Waals surface area contributed by atoms with E-state index in [2.05, 4.69) is 10.0 Å². The lowest BCUT2D eigenvalue weighted by Crippen LogP contribution is -2.34. The predicted octanol–water partition coefficient (Wildman–Crippen LogP) is 2.81. The van der Waals surface area contributed by atoms with E-state index in [1.807, 2.05) is 44.2 Å². The van der Waals surface area contributed by atoms with Crippen molar-refractivity contribution < 1.29 is 17.9 Å². The summed E-state index contributed by atoms with van der Waals surface area (Å²) in [6.07, 6.45) is 3.07. The minimum Gasteiger partial charge on any atom is -0.493 e. The van der Waals surface area contributed by atoms with E-state index in [0.717, 1.165) is 11.1 Å². The first-order valence-electron chi connectivity index (χ1n) is 9.08. The van der Waals surface area contributed by atoms with Gasteiger partial charge in [0, 0.05) is 24.7 Å². The van der Waals surface area contributed by atoms with Crippen LogP contribution in [0.15, 0.2) is 53.4 Å². The van der Waals surface area contributed by atoms with E-state index in [0.29, 0.717) is 17.9 Å². The van der Waals surface area contributed by atoms with E-state index in [-0.39, 0.29) is 23.9 Å². The van der Waals surface area contributed by atoms with Crippen molar-refractivity contribution in [3.05, 3.63) is 65.2 Å². The molecule has 2 aromatic carbocycles. The first-order valence-corrected chi connectivity index (χ1v) is 10.6. The van der Waals surface area contributed by atoms with Gasteiger partial charge in [-0.3, -0.25) is 4.79 Å². The maximum absolute atomic E-state index is 12.4. The molecular weight excluding hydrogens is 376 g/mol. The molecule has 0 fully saturated rings. The third-order valence-corrected chi connectivity index (χ3v) is 5.59. The number of para-hydroxylation sites is 1. The monoisotopic (exact) mass is 402 g/mol. The Morgan fingerprint density at radius 3 is 2.61 bits per heavy atom. The van der Waals surface area contributed by atoms with Gasteiger partial charge in [-0.05, 0) is 50.1 Å². The molecule has 0 aliphatic heterocycles. The Balaban J connectivity index is 1.86. The predicted molar refractivity (Wildman–Crippen MR) is 111 cm³/mol. The highest BCUT2D eigenvalue weighted by atomic mass is 32.2. The summed E-state index contributed by atoms with van der Waals surface area (Å²) >= 11 is 0. The number of nitrogens with one attached hydrogen (secondary N) is 2. The Labute approximate surface area is 166 Å². The molecule has 0 spiro atoms. The second-order valence-corrected chi connectivity index (χ2v) is 8.00. The van der Waals surface area contributed by atoms with E-state index in [1.165, 1.54) is 6.08 Å². The van der Waals surface area contributed by atoms with Crippen LogP contribution in [0, 0.1) is 13.8 Å². The molecule has 0 bridgehead atoms. The zero-order valence-electron chi connectivity index (χ0n) is 16.4. The average molecular weight is 403 g/mol. The Kier molecular flexibility index (Phi) is 7.78. The molecule has 0 saturated carbocycles. The third-order valence-electron chi connectivity index (χ3n) is 3.98. The van der Waals surface area contributed by atoms with Gasteiger partial charge in [0.1, 0.15) is 5.75 Å². The molecule has 7 heteroatoms. The van der Waals surface area contributed by atoms with Crippen LogP contribution in [-0.4, -0.2) is 34.0 Å². The SMILES string of the molecule is CCOc1ccccc1/C=C/C(=O)NCCNS(=O)(=O)c1cc(C)ccc1C. The molecule has 2 rings (SSSR count). The van der Waals surface area contributed by atoms with Gasteiger partial charge in [-0.1, -0.05) is 30.3 Å². The van der Waals surface area contributed by atoms with Crippen molar-refractivity contribution in [1.29, 1.82) is 0 Å². The lowest BCUT2D eigenvalue weighted by Gasteiger charge is -2.10. The molecule has 1 amide bonds. The fourth-order valence-electron chi connectivity index (χ4n) is 2.58. The third kappa shape index (κ3) is 6.21. The summed E-state index contributed by atoms with van der Waals surface area (Å²) in [6.45, 7) is 6.31. The quantitative estimate of drug-likeness (QED) is 0.499. The molecule has 0 aliphatic rings. The zero-order valence-corrected chi connectivity index (χ0v) is 17.2. The largest absolute Gasteiger partial charge is 0.493 e. The first kappa shape index (κ1) is 21.7. The van der Waals surface area contributed by atoms with Crippen LogP contribution >= 0.6 is 0 Å². The number of hydrogen-bond donors (Lipinski definition) is 2. The van der Waals surface area contributed by atoms with Gasteiger partial charge in [0.15, 0.2) is 0 Å². The topological polar surface area (TPSA) is 84.5 Å². The minimum absolute atomic E-state index is 0.102. The Morgan fingerprint density at radius 1 is 1.11 bits per heavy atom. The van der Waals surface area contributed by atoms with Gasteiger partial charge >= 0.3 is 0 Å². The summed E-state index contributed by atoms with van der Waals surface area (Å²) in [4.78, 5) is 12.2. The van der Waals surface area contributed by atoms with Crippen molar-refractivity contribution in [3.8, 4) is 5.75 Å². The van der Waals surface area contributed by atoms with Crippen molar-refractivity contribution in [3.63, 3.8) is 0 Å². The van der Waals surface area contributed by atoms with Crippen LogP contribution in [0.2, 0.25) is 0 Å². The van der Waals surface area contributed by atoms with Crippen LogP contribution in [0.25, 0.3) is 6.08 Å². The minimum atomic E-state index is -3.61. The first-order chi connectivity index (χ1) is 13.3. The zero-order chi connectivity index (χ0) is 20.6. The number of carbonyl (C=O) groups is 1. The molecule has 0 unspecified atom stereocenters. The van der Waals surface area contributed by atoms with Gasteiger partial charge in [-0.15, -0.1) is 0 Å². The molecule has 2 N–H and O–H groups in total. The molecule has 0 radical (unpaired) electrons. The molecule has 0 atom stereocenters. The van der Waals surface area contributed by atoms with Gasteiger partial charge in [-0.2, -0.15) is 0 Å². The lowest BCUT2D eigenvalue weighted by atomic mass is 10.2. The number of amides is 1. The second-order valence-electron chi connectivity index (χ2n) is 6.26. The summed E-state index contributed by atoms with van der Waals surface area (Å²) < 4.78 is 32.8. The van der Waals surface area contributed by atoms with Crippen molar-refractivity contribution in [2.24, 2.45) is 0 Å². The van der Waals surface area contributed by atoms with Gasteiger partial charge in [0.25, 0.3) is 0 Å². The fraction of sp³-hybridized carbons (Fsp3) is 0.286. The van der Waals surface area contributed by atoms with Crippen LogP contribution < -0.4 is 14.8 Å². The number of hydrogen-bond acceptors (Lipinski definition) is 4. The standard InChI is InChI=1S/C21H26N2O4S/c1-4-27-19-8-6-5-7-18(19)11-12-21(24)22-13-14-23-28(25,26)20-15-16(2)9-10-17(20)3/h5-12,15,23H,4,13-14H2,1-3H3,(H,22,24)/b12-11+. The number of sulfonamides is 1. The Bertz CT molecular complexity index is 953. The summed E-state index contributed by atoms with van der Waals surface area (Å²) in [5, 5.41) is 2.66. The molecule has 28 heavy (non-hydrogen) atoms. The second kappa shape index (κ2) is 10.1. The van der Waals surface area contributed by atoms with Crippen LogP contribution in [0.1, 0.15) is 23.6 Å². The molecule has 0 aliphatic carbocycles. The van der Waals surface area contributed by atoms with Gasteiger partial charge in [0.05, 0.1) is 11.5 Å². The number of ether oxygens (including phenoxy) is 1. The Morgan fingerprint density at radius 2 is 1.86 bits per heavy atom. The maximum atomic E-state index is 12.4. The van der Waals surface area contributed by atoms with E-state index >= 15 is 0 Å². The van der Waals surface area contributed by atoms with Crippen molar-refractivity contribution >= 4 is 22.0 Å². The molecule has 6 nitrogen and oxygen atoms in total. The smallest absolute Gasteiger partial charge is 0.244 e. The normalized spacial score (nSPS) is 11.5. The van der Waals surface area contributed by atoms with E-state index < -0.39 is 10.0 Å². The van der Waals surface area contributed by atoms with Crippen molar-refractivity contribution in [1.82, 2.24) is 10.0 Å². The summed E-state index contributed by atoms with van der Waals surface area (Å²) in [6, 6.07) is 12.7. The summed E-state index contributed by atoms with van der Waals surface area (Å²) in [5.41, 5.74) is 2.35. The summed E-state index contributed by atoms with van der Waals surface area (Å²) in [7, 11) is -3.61. The molecule has 0 heterocycles. The van der Waals surface area contributed by atoms with Crippen LogP contribution in [-0.2, 0) is 14.8 Å². The molecule has 0 saturated heterocycles. The highest BCUT2D eigenvalue weighted by molar-refractivity contribution is 7.89. The number of aryl methyl sites for hydroxylation is 2.